The maximum absolute atomic E-state index is 12.6. The van der Waals surface area contributed by atoms with Crippen molar-refractivity contribution < 1.29 is 13.2 Å². The van der Waals surface area contributed by atoms with Crippen LogP contribution in [0.25, 0.3) is 0 Å². The van der Waals surface area contributed by atoms with Gasteiger partial charge in [0, 0.05) is 23.7 Å². The first kappa shape index (κ1) is 17.9. The Kier molecular flexibility index (Phi) is 5.44. The molecule has 0 atom stereocenters. The Bertz CT molecular complexity index is 853. The van der Waals surface area contributed by atoms with E-state index in [-0.39, 0.29) is 16.5 Å². The number of carbonyl (C=O) groups is 1. The number of likely N-dealkylation sites (tertiary alicyclic amines) is 1. The van der Waals surface area contributed by atoms with Crippen LogP contribution in [0.5, 0.6) is 0 Å². The molecule has 1 aliphatic heterocycles. The molecule has 2 heterocycles. The Balaban J connectivity index is 1.70. The van der Waals surface area contributed by atoms with Gasteiger partial charge in [-0.2, -0.15) is 0 Å². The summed E-state index contributed by atoms with van der Waals surface area (Å²) in [5.74, 6) is 0.0758. The second kappa shape index (κ2) is 7.58. The Morgan fingerprint density at radius 2 is 1.96 bits per heavy atom. The molecule has 2 aromatic rings. The van der Waals surface area contributed by atoms with Crippen LogP contribution in [0.15, 0.2) is 40.6 Å². The van der Waals surface area contributed by atoms with Gasteiger partial charge in [0.1, 0.15) is 4.21 Å². The third-order valence-corrected chi connectivity index (χ3v) is 7.23. The standard InChI is InChI=1S/C18H22N2O3S2/c1-2-14-6-5-7-15(12-14)19-25(22,23)18-9-8-16(24-18)13-17(21)20-10-3-4-11-20/h5-9,12,19H,2-4,10-11,13H2,1H3. The van der Waals surface area contributed by atoms with Crippen LogP contribution in [0.1, 0.15) is 30.2 Å². The summed E-state index contributed by atoms with van der Waals surface area (Å²) in [7, 11) is -3.63. The van der Waals surface area contributed by atoms with Crippen LogP contribution in [-0.2, 0) is 27.7 Å². The maximum atomic E-state index is 12.6. The molecule has 134 valence electrons. The van der Waals surface area contributed by atoms with Crippen molar-refractivity contribution in [3.8, 4) is 0 Å². The Labute approximate surface area is 152 Å². The fourth-order valence-corrected chi connectivity index (χ4v) is 5.28. The third-order valence-electron chi connectivity index (χ3n) is 4.27. The Morgan fingerprint density at radius 1 is 1.20 bits per heavy atom. The van der Waals surface area contributed by atoms with Crippen LogP contribution >= 0.6 is 11.3 Å². The fraction of sp³-hybridized carbons (Fsp3) is 0.389. The molecule has 1 amide bonds. The van der Waals surface area contributed by atoms with Crippen LogP contribution in [-0.4, -0.2) is 32.3 Å². The predicted molar refractivity (Wildman–Crippen MR) is 100 cm³/mol. The second-order valence-corrected chi connectivity index (χ2v) is 9.22. The minimum Gasteiger partial charge on any atom is -0.342 e. The summed E-state index contributed by atoms with van der Waals surface area (Å²) in [6, 6.07) is 10.7. The lowest BCUT2D eigenvalue weighted by atomic mass is 10.1. The summed E-state index contributed by atoms with van der Waals surface area (Å²) in [5, 5.41) is 0. The summed E-state index contributed by atoms with van der Waals surface area (Å²) < 4.78 is 28.0. The molecule has 0 unspecified atom stereocenters. The van der Waals surface area contributed by atoms with Gasteiger partial charge in [0.25, 0.3) is 10.0 Å². The molecule has 0 radical (unpaired) electrons. The molecule has 0 spiro atoms. The molecule has 0 saturated carbocycles. The van der Waals surface area contributed by atoms with E-state index < -0.39 is 10.0 Å². The topological polar surface area (TPSA) is 66.5 Å². The third kappa shape index (κ3) is 4.41. The van der Waals surface area contributed by atoms with Gasteiger partial charge in [-0.05, 0) is 49.1 Å². The fourth-order valence-electron chi connectivity index (χ4n) is 2.89. The molecule has 0 bridgehead atoms. The van der Waals surface area contributed by atoms with Gasteiger partial charge in [-0.15, -0.1) is 11.3 Å². The zero-order chi connectivity index (χ0) is 17.9. The van der Waals surface area contributed by atoms with Crippen LogP contribution in [0.3, 0.4) is 0 Å². The van der Waals surface area contributed by atoms with E-state index >= 15 is 0 Å². The summed E-state index contributed by atoms with van der Waals surface area (Å²) >= 11 is 1.16. The quantitative estimate of drug-likeness (QED) is 0.839. The van der Waals surface area contributed by atoms with Gasteiger partial charge in [-0.3, -0.25) is 9.52 Å². The summed E-state index contributed by atoms with van der Waals surface area (Å²) in [4.78, 5) is 14.8. The van der Waals surface area contributed by atoms with Crippen molar-refractivity contribution in [2.75, 3.05) is 17.8 Å². The lowest BCUT2D eigenvalue weighted by molar-refractivity contribution is -0.129. The van der Waals surface area contributed by atoms with E-state index in [1.807, 2.05) is 30.0 Å². The van der Waals surface area contributed by atoms with Gasteiger partial charge < -0.3 is 4.90 Å². The molecule has 1 aromatic heterocycles. The lowest BCUT2D eigenvalue weighted by Gasteiger charge is -2.14. The number of anilines is 1. The molecule has 5 nitrogen and oxygen atoms in total. The van der Waals surface area contributed by atoms with Gasteiger partial charge in [0.2, 0.25) is 5.91 Å². The number of nitrogens with one attached hydrogen (secondary N) is 1. The zero-order valence-corrected chi connectivity index (χ0v) is 15.8. The number of nitrogens with zero attached hydrogens (tertiary/aromatic N) is 1. The van der Waals surface area contributed by atoms with Crippen molar-refractivity contribution in [2.24, 2.45) is 0 Å². The maximum Gasteiger partial charge on any atom is 0.271 e. The SMILES string of the molecule is CCc1cccc(NS(=O)(=O)c2ccc(CC(=O)N3CCCC3)s2)c1. The number of thiophene rings is 1. The lowest BCUT2D eigenvalue weighted by Crippen LogP contribution is -2.28. The van der Waals surface area contributed by atoms with Crippen molar-refractivity contribution in [2.45, 2.75) is 36.8 Å². The van der Waals surface area contributed by atoms with Gasteiger partial charge >= 0.3 is 0 Å². The molecular weight excluding hydrogens is 356 g/mol. The first-order valence-electron chi connectivity index (χ1n) is 8.46. The number of hydrogen-bond acceptors (Lipinski definition) is 4. The highest BCUT2D eigenvalue weighted by Crippen LogP contribution is 2.25. The highest BCUT2D eigenvalue weighted by Gasteiger charge is 2.21. The van der Waals surface area contributed by atoms with Crippen LogP contribution in [0.4, 0.5) is 5.69 Å². The predicted octanol–water partition coefficient (Wildman–Crippen LogP) is 3.28. The van der Waals surface area contributed by atoms with E-state index in [9.17, 15) is 13.2 Å². The van der Waals surface area contributed by atoms with Crippen molar-refractivity contribution >= 4 is 33.0 Å². The molecule has 1 aromatic carbocycles. The second-order valence-electron chi connectivity index (χ2n) is 6.14. The van der Waals surface area contributed by atoms with Crippen LogP contribution in [0.2, 0.25) is 0 Å². The molecule has 1 saturated heterocycles. The van der Waals surface area contributed by atoms with Crippen LogP contribution < -0.4 is 4.72 Å². The van der Waals surface area contributed by atoms with E-state index in [1.54, 1.807) is 18.2 Å². The van der Waals surface area contributed by atoms with Gasteiger partial charge in [-0.25, -0.2) is 8.42 Å². The smallest absolute Gasteiger partial charge is 0.271 e. The number of rotatable bonds is 6. The molecule has 25 heavy (non-hydrogen) atoms. The highest BCUT2D eigenvalue weighted by molar-refractivity contribution is 7.94. The Hall–Kier alpha value is -1.86. The number of amides is 1. The van der Waals surface area contributed by atoms with Gasteiger partial charge in [-0.1, -0.05) is 19.1 Å². The highest BCUT2D eigenvalue weighted by atomic mass is 32.2. The summed E-state index contributed by atoms with van der Waals surface area (Å²) in [6.45, 7) is 3.64. The molecule has 1 fully saturated rings. The average Bonchev–Trinajstić information content (AvgIpc) is 3.26. The van der Waals surface area contributed by atoms with E-state index in [1.165, 1.54) is 0 Å². The number of sulfonamides is 1. The number of carbonyl (C=O) groups excluding carboxylic acids is 1. The molecule has 0 aliphatic carbocycles. The first-order chi connectivity index (χ1) is 12.0. The van der Waals surface area contributed by atoms with E-state index in [0.29, 0.717) is 5.69 Å². The first-order valence-corrected chi connectivity index (χ1v) is 10.8. The Morgan fingerprint density at radius 3 is 2.68 bits per heavy atom. The van der Waals surface area contributed by atoms with Gasteiger partial charge in [0.05, 0.1) is 6.42 Å². The molecule has 1 N–H and O–H groups in total. The largest absolute Gasteiger partial charge is 0.342 e. The summed E-state index contributed by atoms with van der Waals surface area (Å²) in [5.41, 5.74) is 1.63. The number of hydrogen-bond donors (Lipinski definition) is 1. The van der Waals surface area contributed by atoms with E-state index in [4.69, 9.17) is 0 Å². The zero-order valence-electron chi connectivity index (χ0n) is 14.2. The van der Waals surface area contributed by atoms with Gasteiger partial charge in [0.15, 0.2) is 0 Å². The molecular formula is C18H22N2O3S2. The van der Waals surface area contributed by atoms with Crippen LogP contribution in [0, 0.1) is 0 Å². The minimum absolute atomic E-state index is 0.0758. The average molecular weight is 379 g/mol. The molecule has 7 heteroatoms. The van der Waals surface area contributed by atoms with E-state index in [2.05, 4.69) is 4.72 Å². The number of benzene rings is 1. The number of aryl methyl sites for hydroxylation is 1. The van der Waals surface area contributed by atoms with Crippen molar-refractivity contribution in [3.05, 3.63) is 46.8 Å². The molecule has 1 aliphatic rings. The van der Waals surface area contributed by atoms with Crippen molar-refractivity contribution in [3.63, 3.8) is 0 Å². The summed E-state index contributed by atoms with van der Waals surface area (Å²) in [6.07, 6.45) is 3.22. The molecule has 3 rings (SSSR count). The normalized spacial score (nSPS) is 14.7. The monoisotopic (exact) mass is 378 g/mol. The van der Waals surface area contributed by atoms with Crippen molar-refractivity contribution in [1.29, 1.82) is 0 Å². The van der Waals surface area contributed by atoms with Crippen molar-refractivity contribution in [1.82, 2.24) is 4.90 Å². The van der Waals surface area contributed by atoms with E-state index in [0.717, 1.165) is 54.1 Å². The minimum atomic E-state index is -3.63.